The predicted molar refractivity (Wildman–Crippen MR) is 99.2 cm³/mol. The molecular weight excluding hydrogens is 348 g/mol. The molecule has 0 aliphatic carbocycles. The fourth-order valence-corrected chi connectivity index (χ4v) is 2.57. The Bertz CT molecular complexity index is 958. The minimum Gasteiger partial charge on any atom is -0.480 e. The number of hydrogen-bond acceptors (Lipinski definition) is 6. The third-order valence-corrected chi connectivity index (χ3v) is 3.92. The van der Waals surface area contributed by atoms with E-state index in [2.05, 4.69) is 20.8 Å². The molecular formula is C19H16N4O4. The number of urea groups is 1. The summed E-state index contributed by atoms with van der Waals surface area (Å²) in [5.41, 5.74) is 2.86. The van der Waals surface area contributed by atoms with E-state index in [9.17, 15) is 4.79 Å². The molecule has 4 rings (SSSR count). The minimum absolute atomic E-state index is 0.190. The van der Waals surface area contributed by atoms with Gasteiger partial charge in [0.25, 0.3) is 0 Å². The first kappa shape index (κ1) is 16.6. The topological polar surface area (TPSA) is 94.6 Å². The molecule has 8 nitrogen and oxygen atoms in total. The zero-order valence-electron chi connectivity index (χ0n) is 14.4. The third-order valence-electron chi connectivity index (χ3n) is 3.92. The van der Waals surface area contributed by atoms with Gasteiger partial charge in [-0.3, -0.25) is 0 Å². The van der Waals surface area contributed by atoms with Crippen LogP contribution >= 0.6 is 0 Å². The number of nitrogens with zero attached hydrogens (tertiary/aromatic N) is 2. The standard InChI is InChI=1S/C19H16N4O4/c1-25-18-9-7-15(22-23-18)12-2-4-13(5-3-12)20-19(24)21-14-6-8-16-17(10-14)27-11-26-16/h2-10H,11H2,1H3,(H2,20,21,24). The second-order valence-electron chi connectivity index (χ2n) is 5.69. The number of amides is 2. The van der Waals surface area contributed by atoms with Gasteiger partial charge in [-0.2, -0.15) is 0 Å². The number of ether oxygens (including phenoxy) is 3. The molecule has 136 valence electrons. The van der Waals surface area contributed by atoms with Crippen molar-refractivity contribution in [3.05, 3.63) is 54.6 Å². The van der Waals surface area contributed by atoms with Crippen molar-refractivity contribution in [3.63, 3.8) is 0 Å². The monoisotopic (exact) mass is 364 g/mol. The Kier molecular flexibility index (Phi) is 4.44. The number of carbonyl (C=O) groups is 1. The van der Waals surface area contributed by atoms with Crippen molar-refractivity contribution in [2.24, 2.45) is 0 Å². The van der Waals surface area contributed by atoms with Crippen LogP contribution in [0.3, 0.4) is 0 Å². The van der Waals surface area contributed by atoms with Crippen molar-refractivity contribution in [3.8, 4) is 28.6 Å². The molecule has 1 aliphatic heterocycles. The van der Waals surface area contributed by atoms with Gasteiger partial charge in [0.15, 0.2) is 11.5 Å². The second-order valence-corrected chi connectivity index (χ2v) is 5.69. The van der Waals surface area contributed by atoms with Gasteiger partial charge in [-0.25, -0.2) is 4.79 Å². The lowest BCUT2D eigenvalue weighted by Gasteiger charge is -2.09. The van der Waals surface area contributed by atoms with Crippen LogP contribution in [0.4, 0.5) is 16.2 Å². The molecule has 0 bridgehead atoms. The first-order valence-electron chi connectivity index (χ1n) is 8.17. The fraction of sp³-hybridized carbons (Fsp3) is 0.105. The van der Waals surface area contributed by atoms with E-state index in [1.165, 1.54) is 0 Å². The van der Waals surface area contributed by atoms with Crippen molar-refractivity contribution in [2.45, 2.75) is 0 Å². The van der Waals surface area contributed by atoms with Gasteiger partial charge in [0.2, 0.25) is 12.7 Å². The summed E-state index contributed by atoms with van der Waals surface area (Å²) in [4.78, 5) is 12.2. The first-order chi connectivity index (χ1) is 13.2. The second kappa shape index (κ2) is 7.20. The van der Waals surface area contributed by atoms with Crippen LogP contribution in [0.2, 0.25) is 0 Å². The Morgan fingerprint density at radius 2 is 1.67 bits per heavy atom. The molecule has 2 amide bonds. The summed E-state index contributed by atoms with van der Waals surface area (Å²) >= 11 is 0. The van der Waals surface area contributed by atoms with Crippen LogP contribution in [0.25, 0.3) is 11.3 Å². The van der Waals surface area contributed by atoms with Gasteiger partial charge in [-0.1, -0.05) is 12.1 Å². The van der Waals surface area contributed by atoms with Crippen molar-refractivity contribution in [1.29, 1.82) is 0 Å². The number of aromatic nitrogens is 2. The maximum atomic E-state index is 12.2. The van der Waals surface area contributed by atoms with Crippen LogP contribution in [-0.4, -0.2) is 30.1 Å². The molecule has 0 saturated carbocycles. The number of carbonyl (C=O) groups excluding carboxylic acids is 1. The molecule has 0 fully saturated rings. The number of methoxy groups -OCH3 is 1. The number of nitrogens with one attached hydrogen (secondary N) is 2. The van der Waals surface area contributed by atoms with Crippen molar-refractivity contribution in [1.82, 2.24) is 10.2 Å². The molecule has 1 aliphatic rings. The average molecular weight is 364 g/mol. The Labute approximate surface area is 155 Å². The lowest BCUT2D eigenvalue weighted by molar-refractivity contribution is 0.174. The summed E-state index contributed by atoms with van der Waals surface area (Å²) in [6.07, 6.45) is 0. The zero-order chi connectivity index (χ0) is 18.6. The highest BCUT2D eigenvalue weighted by molar-refractivity contribution is 6.00. The number of hydrogen-bond donors (Lipinski definition) is 2. The van der Waals surface area contributed by atoms with Crippen molar-refractivity contribution < 1.29 is 19.0 Å². The number of anilines is 2. The quantitative estimate of drug-likeness (QED) is 0.735. The van der Waals surface area contributed by atoms with Gasteiger partial charge in [-0.15, -0.1) is 10.2 Å². The molecule has 0 radical (unpaired) electrons. The highest BCUT2D eigenvalue weighted by Crippen LogP contribution is 2.34. The summed E-state index contributed by atoms with van der Waals surface area (Å²) in [5.74, 6) is 1.73. The molecule has 3 aromatic rings. The summed E-state index contributed by atoms with van der Waals surface area (Å²) in [5, 5.41) is 13.6. The lowest BCUT2D eigenvalue weighted by Crippen LogP contribution is -2.19. The predicted octanol–water partition coefficient (Wildman–Crippen LogP) is 3.52. The largest absolute Gasteiger partial charge is 0.480 e. The smallest absolute Gasteiger partial charge is 0.323 e. The summed E-state index contributed by atoms with van der Waals surface area (Å²) in [7, 11) is 1.54. The highest BCUT2D eigenvalue weighted by Gasteiger charge is 2.14. The summed E-state index contributed by atoms with van der Waals surface area (Å²) in [6, 6.07) is 15.7. The maximum Gasteiger partial charge on any atom is 0.323 e. The Morgan fingerprint density at radius 3 is 2.41 bits per heavy atom. The Balaban J connectivity index is 1.39. The number of rotatable bonds is 4. The van der Waals surface area contributed by atoms with Crippen LogP contribution in [0.1, 0.15) is 0 Å². The average Bonchev–Trinajstić information content (AvgIpc) is 3.16. The number of fused-ring (bicyclic) bond motifs is 1. The number of benzene rings is 2. The maximum absolute atomic E-state index is 12.2. The molecule has 27 heavy (non-hydrogen) atoms. The van der Waals surface area contributed by atoms with E-state index in [0.717, 1.165) is 5.56 Å². The molecule has 0 saturated heterocycles. The van der Waals surface area contributed by atoms with E-state index < -0.39 is 0 Å². The van der Waals surface area contributed by atoms with Gasteiger partial charge in [0.05, 0.1) is 12.8 Å². The SMILES string of the molecule is COc1ccc(-c2ccc(NC(=O)Nc3ccc4c(c3)OCO4)cc2)nn1. The van der Waals surface area contributed by atoms with E-state index in [4.69, 9.17) is 14.2 Å². The first-order valence-corrected chi connectivity index (χ1v) is 8.17. The fourth-order valence-electron chi connectivity index (χ4n) is 2.57. The zero-order valence-corrected chi connectivity index (χ0v) is 14.4. The molecule has 8 heteroatoms. The third kappa shape index (κ3) is 3.74. The summed E-state index contributed by atoms with van der Waals surface area (Å²) < 4.78 is 15.5. The molecule has 2 heterocycles. The molecule has 0 spiro atoms. The molecule has 2 N–H and O–H groups in total. The van der Waals surface area contributed by atoms with E-state index >= 15 is 0 Å². The van der Waals surface area contributed by atoms with Gasteiger partial charge >= 0.3 is 6.03 Å². The summed E-state index contributed by atoms with van der Waals surface area (Å²) in [6.45, 7) is 0.190. The van der Waals surface area contributed by atoms with Crippen LogP contribution in [-0.2, 0) is 0 Å². The van der Waals surface area contributed by atoms with Gasteiger partial charge in [-0.05, 0) is 30.3 Å². The lowest BCUT2D eigenvalue weighted by atomic mass is 10.1. The Hall–Kier alpha value is -3.81. The minimum atomic E-state index is -0.356. The van der Waals surface area contributed by atoms with Crippen LogP contribution in [0, 0.1) is 0 Å². The molecule has 1 aromatic heterocycles. The highest BCUT2D eigenvalue weighted by atomic mass is 16.7. The van der Waals surface area contributed by atoms with Gasteiger partial charge in [0.1, 0.15) is 0 Å². The Morgan fingerprint density at radius 1 is 0.926 bits per heavy atom. The van der Waals surface area contributed by atoms with Gasteiger partial charge < -0.3 is 24.8 Å². The molecule has 0 unspecified atom stereocenters. The van der Waals surface area contributed by atoms with E-state index in [0.29, 0.717) is 34.4 Å². The van der Waals surface area contributed by atoms with Crippen LogP contribution in [0.5, 0.6) is 17.4 Å². The normalized spacial score (nSPS) is 11.7. The van der Waals surface area contributed by atoms with Crippen molar-refractivity contribution in [2.75, 3.05) is 24.5 Å². The van der Waals surface area contributed by atoms with Crippen LogP contribution in [0.15, 0.2) is 54.6 Å². The molecule has 0 atom stereocenters. The van der Waals surface area contributed by atoms with Crippen LogP contribution < -0.4 is 24.8 Å². The van der Waals surface area contributed by atoms with E-state index in [1.54, 1.807) is 43.5 Å². The van der Waals surface area contributed by atoms with E-state index in [-0.39, 0.29) is 12.8 Å². The molecule has 2 aromatic carbocycles. The van der Waals surface area contributed by atoms with E-state index in [1.807, 2.05) is 18.2 Å². The van der Waals surface area contributed by atoms with Crippen molar-refractivity contribution >= 4 is 17.4 Å². The van der Waals surface area contributed by atoms with Gasteiger partial charge in [0, 0.05) is 29.1 Å².